The Morgan fingerprint density at radius 2 is 1.84 bits per heavy atom. The predicted octanol–water partition coefficient (Wildman–Crippen LogP) is -0.0764. The summed E-state index contributed by atoms with van der Waals surface area (Å²) < 4.78 is 13.9. The van der Waals surface area contributed by atoms with Gasteiger partial charge in [0.05, 0.1) is 27.1 Å². The molecule has 19 heavy (non-hydrogen) atoms. The van der Waals surface area contributed by atoms with Gasteiger partial charge < -0.3 is 14.2 Å². The molecule has 0 radical (unpaired) electrons. The van der Waals surface area contributed by atoms with Crippen LogP contribution < -0.4 is 0 Å². The van der Waals surface area contributed by atoms with Crippen LogP contribution in [0.4, 0.5) is 0 Å². The molecule has 7 nitrogen and oxygen atoms in total. The highest BCUT2D eigenvalue weighted by molar-refractivity contribution is 6.20. The van der Waals surface area contributed by atoms with Gasteiger partial charge in [-0.15, -0.1) is 0 Å². The number of esters is 3. The van der Waals surface area contributed by atoms with Crippen LogP contribution in [0.1, 0.15) is 19.8 Å². The van der Waals surface area contributed by atoms with Crippen molar-refractivity contribution in [3.05, 3.63) is 11.1 Å². The number of carbonyl (C=O) groups is 4. The summed E-state index contributed by atoms with van der Waals surface area (Å²) in [6.45, 7) is 1.18. The molecule has 0 heterocycles. The SMILES string of the molecule is COC(=O)CC1=C(C(=O)OC)C(=O)CC1OC(C)=O. The molecule has 1 aliphatic rings. The number of carbonyl (C=O) groups excluding carboxylic acids is 4. The maximum atomic E-state index is 11.7. The smallest absolute Gasteiger partial charge is 0.341 e. The van der Waals surface area contributed by atoms with Crippen molar-refractivity contribution in [3.8, 4) is 0 Å². The van der Waals surface area contributed by atoms with Crippen molar-refractivity contribution in [2.45, 2.75) is 25.9 Å². The van der Waals surface area contributed by atoms with E-state index >= 15 is 0 Å². The van der Waals surface area contributed by atoms with Gasteiger partial charge in [0, 0.05) is 6.92 Å². The molecule has 0 saturated heterocycles. The van der Waals surface area contributed by atoms with Crippen LogP contribution in [0.25, 0.3) is 0 Å². The summed E-state index contributed by atoms with van der Waals surface area (Å²) in [6, 6.07) is 0. The van der Waals surface area contributed by atoms with E-state index < -0.39 is 29.8 Å². The standard InChI is InChI=1S/C12H14O7/c1-6(13)19-9-5-8(14)11(12(16)18-3)7(9)4-10(15)17-2/h9H,4-5H2,1-3H3. The van der Waals surface area contributed by atoms with E-state index in [9.17, 15) is 19.2 Å². The molecule has 7 heteroatoms. The minimum atomic E-state index is -0.918. The monoisotopic (exact) mass is 270 g/mol. The molecule has 0 amide bonds. The first-order valence-electron chi connectivity index (χ1n) is 5.49. The molecule has 1 rings (SSSR count). The zero-order valence-corrected chi connectivity index (χ0v) is 10.8. The van der Waals surface area contributed by atoms with Crippen molar-refractivity contribution in [2.75, 3.05) is 14.2 Å². The number of rotatable bonds is 4. The molecule has 1 atom stereocenters. The molecule has 0 saturated carbocycles. The summed E-state index contributed by atoms with van der Waals surface area (Å²) >= 11 is 0. The van der Waals surface area contributed by atoms with Crippen LogP contribution >= 0.6 is 0 Å². The number of Topliss-reactive ketones (excluding diaryl/α,β-unsaturated/α-hetero) is 1. The molecule has 0 bridgehead atoms. The van der Waals surface area contributed by atoms with E-state index in [1.807, 2.05) is 0 Å². The average Bonchev–Trinajstić information content (AvgIpc) is 2.63. The Balaban J connectivity index is 3.13. The minimum absolute atomic E-state index is 0.124. The molecule has 104 valence electrons. The van der Waals surface area contributed by atoms with Crippen LogP contribution in [0, 0.1) is 0 Å². The fourth-order valence-corrected chi connectivity index (χ4v) is 1.82. The molecule has 0 spiro atoms. The Bertz CT molecular complexity index is 461. The van der Waals surface area contributed by atoms with Crippen LogP contribution in [0.15, 0.2) is 11.1 Å². The van der Waals surface area contributed by atoms with Crippen LogP contribution in [0.2, 0.25) is 0 Å². The van der Waals surface area contributed by atoms with E-state index in [-0.39, 0.29) is 24.0 Å². The number of hydrogen-bond acceptors (Lipinski definition) is 7. The van der Waals surface area contributed by atoms with Crippen molar-refractivity contribution in [1.29, 1.82) is 0 Å². The van der Waals surface area contributed by atoms with E-state index in [4.69, 9.17) is 4.74 Å². The Hall–Kier alpha value is -2.18. The van der Waals surface area contributed by atoms with E-state index in [0.717, 1.165) is 7.11 Å². The summed E-state index contributed by atoms with van der Waals surface area (Å²) in [5.74, 6) is -2.61. The second-order valence-corrected chi connectivity index (χ2v) is 3.87. The zero-order valence-electron chi connectivity index (χ0n) is 10.8. The summed E-state index contributed by atoms with van der Waals surface area (Å²) in [7, 11) is 2.30. The van der Waals surface area contributed by atoms with Crippen LogP contribution in [0.3, 0.4) is 0 Å². The fourth-order valence-electron chi connectivity index (χ4n) is 1.82. The number of ether oxygens (including phenoxy) is 3. The molecule has 0 aliphatic heterocycles. The van der Waals surface area contributed by atoms with Crippen molar-refractivity contribution in [3.63, 3.8) is 0 Å². The number of hydrogen-bond donors (Lipinski definition) is 0. The van der Waals surface area contributed by atoms with Gasteiger partial charge in [-0.05, 0) is 5.57 Å². The largest absolute Gasteiger partial charge is 0.469 e. The molecule has 0 N–H and O–H groups in total. The Kier molecular flexibility index (Phi) is 4.80. The summed E-state index contributed by atoms with van der Waals surface area (Å²) in [5, 5.41) is 0. The minimum Gasteiger partial charge on any atom is -0.469 e. The molecule has 0 aromatic rings. The van der Waals surface area contributed by atoms with Gasteiger partial charge in [-0.1, -0.05) is 0 Å². The van der Waals surface area contributed by atoms with E-state index in [2.05, 4.69) is 9.47 Å². The maximum absolute atomic E-state index is 11.7. The first-order chi connectivity index (χ1) is 8.90. The van der Waals surface area contributed by atoms with Gasteiger partial charge in [-0.25, -0.2) is 4.79 Å². The molecular weight excluding hydrogens is 256 g/mol. The van der Waals surface area contributed by atoms with Gasteiger partial charge in [-0.2, -0.15) is 0 Å². The normalized spacial score (nSPS) is 18.3. The summed E-state index contributed by atoms with van der Waals surface area (Å²) in [6.07, 6.45) is -1.39. The average molecular weight is 270 g/mol. The van der Waals surface area contributed by atoms with E-state index in [0.29, 0.717) is 0 Å². The Morgan fingerprint density at radius 1 is 1.21 bits per heavy atom. The number of methoxy groups -OCH3 is 2. The van der Waals surface area contributed by atoms with Crippen LogP contribution in [-0.2, 0) is 33.4 Å². The van der Waals surface area contributed by atoms with Gasteiger partial charge >= 0.3 is 17.9 Å². The predicted molar refractivity (Wildman–Crippen MR) is 60.9 cm³/mol. The molecule has 0 aromatic heterocycles. The lowest BCUT2D eigenvalue weighted by molar-refractivity contribution is -0.146. The lowest BCUT2D eigenvalue weighted by Gasteiger charge is -2.13. The summed E-state index contributed by atoms with van der Waals surface area (Å²) in [4.78, 5) is 45.6. The van der Waals surface area contributed by atoms with Crippen molar-refractivity contribution in [2.24, 2.45) is 0 Å². The van der Waals surface area contributed by atoms with Gasteiger partial charge in [0.15, 0.2) is 5.78 Å². The number of ketones is 1. The lowest BCUT2D eigenvalue weighted by atomic mass is 10.1. The van der Waals surface area contributed by atoms with E-state index in [1.165, 1.54) is 14.0 Å². The molecule has 1 aliphatic carbocycles. The second-order valence-electron chi connectivity index (χ2n) is 3.87. The Labute approximate surface area is 109 Å². The van der Waals surface area contributed by atoms with Crippen molar-refractivity contribution < 1.29 is 33.4 Å². The molecule has 0 fully saturated rings. The van der Waals surface area contributed by atoms with Gasteiger partial charge in [-0.3, -0.25) is 14.4 Å². The molecule has 0 aromatic carbocycles. The molecule has 1 unspecified atom stereocenters. The highest BCUT2D eigenvalue weighted by atomic mass is 16.5. The van der Waals surface area contributed by atoms with Gasteiger partial charge in [0.25, 0.3) is 0 Å². The van der Waals surface area contributed by atoms with Gasteiger partial charge in [0.2, 0.25) is 0 Å². The lowest BCUT2D eigenvalue weighted by Crippen LogP contribution is -2.19. The first-order valence-corrected chi connectivity index (χ1v) is 5.49. The third-order valence-electron chi connectivity index (χ3n) is 2.62. The fraction of sp³-hybridized carbons (Fsp3) is 0.500. The first kappa shape index (κ1) is 14.9. The highest BCUT2D eigenvalue weighted by Gasteiger charge is 2.39. The topological polar surface area (TPSA) is 96.0 Å². The maximum Gasteiger partial charge on any atom is 0.341 e. The third kappa shape index (κ3) is 3.40. The van der Waals surface area contributed by atoms with Gasteiger partial charge in [0.1, 0.15) is 11.7 Å². The summed E-state index contributed by atoms with van der Waals surface area (Å²) in [5.41, 5.74) is -0.113. The van der Waals surface area contributed by atoms with E-state index in [1.54, 1.807) is 0 Å². The van der Waals surface area contributed by atoms with Crippen molar-refractivity contribution >= 4 is 23.7 Å². The highest BCUT2D eigenvalue weighted by Crippen LogP contribution is 2.30. The zero-order chi connectivity index (χ0) is 14.6. The third-order valence-corrected chi connectivity index (χ3v) is 2.62. The van der Waals surface area contributed by atoms with Crippen LogP contribution in [-0.4, -0.2) is 44.0 Å². The molecular formula is C12H14O7. The second kappa shape index (κ2) is 6.12. The van der Waals surface area contributed by atoms with Crippen LogP contribution in [0.5, 0.6) is 0 Å². The Morgan fingerprint density at radius 3 is 2.32 bits per heavy atom. The quantitative estimate of drug-likeness (QED) is 0.400. The van der Waals surface area contributed by atoms with Crippen molar-refractivity contribution in [1.82, 2.24) is 0 Å².